The number of quaternary nitrogens is 1. The molecule has 0 radical (unpaired) electrons. The second-order valence-corrected chi connectivity index (χ2v) is 11.2. The van der Waals surface area contributed by atoms with Crippen molar-refractivity contribution in [3.8, 4) is 0 Å². The van der Waals surface area contributed by atoms with Crippen molar-refractivity contribution in [3.63, 3.8) is 0 Å². The number of carbonyl (C=O) groups is 1. The first kappa shape index (κ1) is 25.5. The molecule has 188 valence electrons. The molecule has 1 aromatic heterocycles. The number of ether oxygens (including phenoxy) is 1. The summed E-state index contributed by atoms with van der Waals surface area (Å²) in [5.41, 5.74) is 1.93. The Morgan fingerprint density at radius 1 is 1.06 bits per heavy atom. The second kappa shape index (κ2) is 11.0. The largest absolute Gasteiger partial charge is 0.448 e. The van der Waals surface area contributed by atoms with Gasteiger partial charge in [-0.2, -0.15) is 0 Å². The number of sulfonamides is 1. The molecule has 0 saturated carbocycles. The summed E-state index contributed by atoms with van der Waals surface area (Å²) in [7, 11) is -3.70. The first-order valence-electron chi connectivity index (χ1n) is 12.0. The Hall–Kier alpha value is -2.60. The molecule has 1 saturated heterocycles. The Kier molecular flexibility index (Phi) is 8.00. The topological polar surface area (TPSA) is 114 Å². The number of hydrogen-bond acceptors (Lipinski definition) is 5. The summed E-state index contributed by atoms with van der Waals surface area (Å²) in [6, 6.07) is 12.3. The molecule has 0 spiro atoms. The van der Waals surface area contributed by atoms with Gasteiger partial charge in [0, 0.05) is 24.4 Å². The molecule has 0 amide bonds. The first-order chi connectivity index (χ1) is 16.8. The van der Waals surface area contributed by atoms with Crippen LogP contribution in [0.4, 0.5) is 5.69 Å². The van der Waals surface area contributed by atoms with E-state index in [0.717, 1.165) is 51.7 Å². The zero-order valence-corrected chi connectivity index (χ0v) is 21.3. The van der Waals surface area contributed by atoms with Crippen LogP contribution in [-0.4, -0.2) is 43.6 Å². The molecule has 2 unspecified atom stereocenters. The van der Waals surface area contributed by atoms with Crippen LogP contribution in [0.3, 0.4) is 0 Å². The Morgan fingerprint density at radius 3 is 2.51 bits per heavy atom. The predicted octanol–water partition coefficient (Wildman–Crippen LogP) is 2.29. The van der Waals surface area contributed by atoms with E-state index < -0.39 is 10.0 Å². The summed E-state index contributed by atoms with van der Waals surface area (Å²) in [6.07, 6.45) is 8.49. The lowest BCUT2D eigenvalue weighted by atomic mass is 10.1. The highest BCUT2D eigenvalue weighted by Gasteiger charge is 2.60. The van der Waals surface area contributed by atoms with Crippen LogP contribution in [0.5, 0.6) is 0 Å². The van der Waals surface area contributed by atoms with Crippen molar-refractivity contribution in [2.75, 3.05) is 25.0 Å². The summed E-state index contributed by atoms with van der Waals surface area (Å²) >= 11 is 5.30. The van der Waals surface area contributed by atoms with Crippen LogP contribution in [0.2, 0.25) is 0 Å². The summed E-state index contributed by atoms with van der Waals surface area (Å²) in [6.45, 7) is 3.05. The van der Waals surface area contributed by atoms with Crippen LogP contribution < -0.4 is 20.3 Å². The maximum Gasteiger partial charge on any atom is 0.448 e. The molecule has 35 heavy (non-hydrogen) atoms. The third-order valence-corrected chi connectivity index (χ3v) is 7.77. The molecule has 0 aliphatic carbocycles. The fourth-order valence-electron chi connectivity index (χ4n) is 4.85. The van der Waals surface area contributed by atoms with E-state index in [1.807, 2.05) is 18.3 Å². The van der Waals surface area contributed by atoms with Crippen LogP contribution in [-0.2, 0) is 26.1 Å². The molecule has 2 atom stereocenters. The lowest BCUT2D eigenvalue weighted by Crippen LogP contribution is -2.51. The minimum Gasteiger partial charge on any atom is -0.362 e. The Labute approximate surface area is 211 Å². The van der Waals surface area contributed by atoms with Crippen molar-refractivity contribution in [3.05, 3.63) is 54.4 Å². The van der Waals surface area contributed by atoms with Crippen molar-refractivity contribution < 1.29 is 27.0 Å². The number of aromatic nitrogens is 1. The number of nitrogens with zero attached hydrogens (tertiary/aromatic N) is 2. The van der Waals surface area contributed by atoms with Gasteiger partial charge >= 0.3 is 12.3 Å². The zero-order valence-electron chi connectivity index (χ0n) is 19.7. The van der Waals surface area contributed by atoms with Gasteiger partial charge < -0.3 is 15.4 Å². The number of pyridine rings is 1. The Morgan fingerprint density at radius 2 is 1.77 bits per heavy atom. The van der Waals surface area contributed by atoms with Crippen molar-refractivity contribution in [2.45, 2.75) is 56.3 Å². The molecule has 2 aromatic rings. The molecule has 11 heteroatoms. The first-order valence-corrected chi connectivity index (χ1v) is 13.9. The van der Waals surface area contributed by atoms with Gasteiger partial charge in [-0.05, 0) is 61.8 Å². The number of primary sulfonamides is 1. The molecule has 2 aliphatic heterocycles. The van der Waals surface area contributed by atoms with E-state index in [1.54, 1.807) is 12.1 Å². The van der Waals surface area contributed by atoms with Gasteiger partial charge in [0.25, 0.3) is 0 Å². The van der Waals surface area contributed by atoms with Crippen molar-refractivity contribution >= 4 is 39.0 Å². The molecule has 2 aliphatic rings. The molecule has 0 bridgehead atoms. The number of esters is 1. The highest BCUT2D eigenvalue weighted by Crippen LogP contribution is 2.35. The van der Waals surface area contributed by atoms with Crippen molar-refractivity contribution in [2.24, 2.45) is 5.14 Å². The lowest BCUT2D eigenvalue weighted by Gasteiger charge is -2.25. The van der Waals surface area contributed by atoms with Crippen LogP contribution in [0.25, 0.3) is 0 Å². The molecule has 9 nitrogen and oxygen atoms in total. The molecule has 1 fully saturated rings. The number of carbonyl (C=O) groups excluding carboxylic acids is 1. The minimum atomic E-state index is -3.70. The minimum absolute atomic E-state index is 0.0672. The lowest BCUT2D eigenvalue weighted by molar-refractivity contribution is -1.06. The van der Waals surface area contributed by atoms with Gasteiger partial charge in [0.05, 0.1) is 11.4 Å². The van der Waals surface area contributed by atoms with Gasteiger partial charge in [-0.15, -0.1) is 4.57 Å². The number of thiocarbonyl (C=S) groups is 1. The van der Waals surface area contributed by atoms with E-state index in [-0.39, 0.29) is 17.2 Å². The average Bonchev–Trinajstić information content (AvgIpc) is 3.28. The smallest absolute Gasteiger partial charge is 0.362 e. The molecule has 4 rings (SSSR count). The van der Waals surface area contributed by atoms with Crippen LogP contribution >= 0.6 is 12.2 Å². The van der Waals surface area contributed by atoms with Gasteiger partial charge in [0.2, 0.25) is 15.7 Å². The Bertz CT molecular complexity index is 1170. The number of unbranched alkanes of at least 4 members (excludes halogenated alkanes) is 5. The van der Waals surface area contributed by atoms with E-state index in [2.05, 4.69) is 21.3 Å². The number of nitrogens with two attached hydrogens (primary N) is 1. The van der Waals surface area contributed by atoms with E-state index in [9.17, 15) is 13.2 Å². The molecular weight excluding hydrogens is 486 g/mol. The Balaban J connectivity index is 1.08. The van der Waals surface area contributed by atoms with Crippen molar-refractivity contribution in [1.82, 2.24) is 5.32 Å². The third kappa shape index (κ3) is 6.35. The summed E-state index contributed by atoms with van der Waals surface area (Å²) in [5, 5.41) is 11.8. The van der Waals surface area contributed by atoms with Crippen LogP contribution in [0.1, 0.15) is 50.6 Å². The van der Waals surface area contributed by atoms with Gasteiger partial charge in [-0.1, -0.05) is 19.3 Å². The average molecular weight is 520 g/mol. The van der Waals surface area contributed by atoms with E-state index in [4.69, 9.17) is 22.1 Å². The summed E-state index contributed by atoms with van der Waals surface area (Å²) in [5.74, 6) is -0.0996. The van der Waals surface area contributed by atoms with Gasteiger partial charge in [0.15, 0.2) is 24.4 Å². The standard InChI is InChI=1S/C24H32N5O4S2/c25-35(31,32)21-12-10-19(11-13-21)27-23(34)26-14-6-3-1-2-4-8-16-29-17-20-9-5-7-15-28(20)24(29)33-22(30)18-29/h5,7,9-13,15,24H,1-4,6,8,14,16-18H2,(H3-,25,26,27,31,32,34)/q+1/p+1. The highest BCUT2D eigenvalue weighted by molar-refractivity contribution is 7.89. The number of anilines is 1. The number of rotatable bonds is 11. The second-order valence-electron chi connectivity index (χ2n) is 9.25. The van der Waals surface area contributed by atoms with E-state index in [0.29, 0.717) is 21.8 Å². The normalized spacial score (nSPS) is 20.7. The van der Waals surface area contributed by atoms with Crippen molar-refractivity contribution in [1.29, 1.82) is 0 Å². The maximum absolute atomic E-state index is 12.0. The molecular formula is C24H33N5O4S2+2. The maximum atomic E-state index is 12.0. The number of benzene rings is 1. The van der Waals surface area contributed by atoms with E-state index >= 15 is 0 Å². The molecule has 3 heterocycles. The quantitative estimate of drug-likeness (QED) is 0.137. The fraction of sp³-hybridized carbons (Fsp3) is 0.458. The summed E-state index contributed by atoms with van der Waals surface area (Å²) in [4.78, 5) is 12.1. The number of nitrogens with one attached hydrogen (secondary N) is 2. The van der Waals surface area contributed by atoms with Gasteiger partial charge in [-0.25, -0.2) is 22.8 Å². The SMILES string of the molecule is NS(=O)(=O)c1ccc(NC(=S)NCCCCCCCC[N+]23CC(=O)OC2[n+]2ccccc2C3)cc1. The van der Waals surface area contributed by atoms with Gasteiger partial charge in [-0.3, -0.25) is 0 Å². The zero-order chi connectivity index (χ0) is 24.9. The highest BCUT2D eigenvalue weighted by atomic mass is 32.2. The third-order valence-electron chi connectivity index (χ3n) is 6.60. The number of hydrogen-bond donors (Lipinski definition) is 3. The predicted molar refractivity (Wildman–Crippen MR) is 135 cm³/mol. The monoisotopic (exact) mass is 519 g/mol. The van der Waals surface area contributed by atoms with Crippen LogP contribution in [0.15, 0.2) is 53.6 Å². The number of fused-ring (bicyclic) bond motifs is 3. The fourth-order valence-corrected chi connectivity index (χ4v) is 5.59. The summed E-state index contributed by atoms with van der Waals surface area (Å²) < 4.78 is 31.1. The van der Waals surface area contributed by atoms with Crippen LogP contribution in [0, 0.1) is 0 Å². The van der Waals surface area contributed by atoms with E-state index in [1.165, 1.54) is 24.2 Å². The molecule has 1 aromatic carbocycles. The molecule has 4 N–H and O–H groups in total. The van der Waals surface area contributed by atoms with Gasteiger partial charge in [0.1, 0.15) is 0 Å².